The summed E-state index contributed by atoms with van der Waals surface area (Å²) in [5, 5.41) is 19.7. The number of nitrogens with one attached hydrogen (secondary N) is 2. The van der Waals surface area contributed by atoms with Crippen molar-refractivity contribution in [2.45, 2.75) is 6.04 Å². The van der Waals surface area contributed by atoms with E-state index in [0.717, 1.165) is 5.56 Å². The van der Waals surface area contributed by atoms with Crippen LogP contribution in [0, 0.1) is 0 Å². The monoisotopic (exact) mass is 450 g/mol. The third kappa shape index (κ3) is 4.35. The second-order valence-corrected chi connectivity index (χ2v) is 7.33. The topological polar surface area (TPSA) is 105 Å². The number of methoxy groups -OCH3 is 1. The normalized spacial score (nSPS) is 14.9. The Kier molecular flexibility index (Phi) is 5.96. The van der Waals surface area contributed by atoms with E-state index in [-0.39, 0.29) is 17.1 Å². The van der Waals surface area contributed by atoms with Crippen LogP contribution in [0.15, 0.2) is 72.6 Å². The van der Waals surface area contributed by atoms with E-state index in [9.17, 15) is 14.7 Å². The van der Waals surface area contributed by atoms with Gasteiger partial charge >= 0.3 is 5.97 Å². The van der Waals surface area contributed by atoms with Crippen LogP contribution in [0.1, 0.15) is 22.0 Å². The maximum Gasteiger partial charge on any atom is 0.352 e. The Morgan fingerprint density at radius 2 is 2.03 bits per heavy atom. The maximum atomic E-state index is 12.9. The van der Waals surface area contributed by atoms with Crippen molar-refractivity contribution < 1.29 is 19.4 Å². The number of nitrogens with zero attached hydrogens (tertiary/aromatic N) is 2. The molecule has 0 aliphatic carbocycles. The van der Waals surface area contributed by atoms with Crippen molar-refractivity contribution in [3.8, 4) is 5.75 Å². The number of benzene rings is 2. The number of rotatable bonds is 6. The number of aliphatic carboxylic acids is 1. The van der Waals surface area contributed by atoms with Gasteiger partial charge in [0.05, 0.1) is 24.4 Å². The molecule has 9 heteroatoms. The fraction of sp³-hybridized carbons (Fsp3) is 0.0870. The van der Waals surface area contributed by atoms with Crippen molar-refractivity contribution in [2.75, 3.05) is 17.7 Å². The second kappa shape index (κ2) is 8.99. The van der Waals surface area contributed by atoms with Gasteiger partial charge in [-0.05, 0) is 29.8 Å². The minimum absolute atomic E-state index is 0.0396. The molecule has 2 aromatic carbocycles. The Balaban J connectivity index is 1.63. The number of carbonyl (C=O) groups is 2. The molecular weight excluding hydrogens is 432 g/mol. The summed E-state index contributed by atoms with van der Waals surface area (Å²) in [6.45, 7) is 0. The molecule has 1 aromatic heterocycles. The molecule has 2 heterocycles. The zero-order chi connectivity index (χ0) is 22.7. The standard InChI is InChI=1S/C23H19ClN4O4/c1-32-20-10-8-15(11-18(20)24)26-22(29)17-13-25-28-16(9-7-14-5-3-2-4-6-14)12-19(23(30)31)27-21(17)28/h2-13,16,27H,1H3,(H,26,29)(H,30,31)/b9-7+. The summed E-state index contributed by atoms with van der Waals surface area (Å²) in [4.78, 5) is 24.6. The Morgan fingerprint density at radius 1 is 1.25 bits per heavy atom. The van der Waals surface area contributed by atoms with Gasteiger partial charge in [-0.15, -0.1) is 0 Å². The Hall–Kier alpha value is -4.04. The van der Waals surface area contributed by atoms with Gasteiger partial charge in [-0.3, -0.25) is 4.79 Å². The van der Waals surface area contributed by atoms with Gasteiger partial charge in [0, 0.05) is 5.69 Å². The van der Waals surface area contributed by atoms with Crippen LogP contribution in [0.4, 0.5) is 11.5 Å². The van der Waals surface area contributed by atoms with E-state index in [1.165, 1.54) is 19.4 Å². The fourth-order valence-corrected chi connectivity index (χ4v) is 3.53. The van der Waals surface area contributed by atoms with Crippen LogP contribution in [0.5, 0.6) is 5.75 Å². The lowest BCUT2D eigenvalue weighted by atomic mass is 10.1. The first-order chi connectivity index (χ1) is 15.5. The highest BCUT2D eigenvalue weighted by Crippen LogP contribution is 2.31. The average Bonchev–Trinajstić information content (AvgIpc) is 3.22. The van der Waals surface area contributed by atoms with E-state index < -0.39 is 17.9 Å². The average molecular weight is 451 g/mol. The van der Waals surface area contributed by atoms with E-state index in [2.05, 4.69) is 15.7 Å². The number of aromatic nitrogens is 2. The third-order valence-electron chi connectivity index (χ3n) is 4.84. The fourth-order valence-electron chi connectivity index (χ4n) is 3.27. The van der Waals surface area contributed by atoms with Gasteiger partial charge in [0.2, 0.25) is 0 Å². The number of amides is 1. The lowest BCUT2D eigenvalue weighted by Gasteiger charge is -2.22. The van der Waals surface area contributed by atoms with Gasteiger partial charge in [-0.1, -0.05) is 54.1 Å². The summed E-state index contributed by atoms with van der Waals surface area (Å²) < 4.78 is 6.67. The smallest absolute Gasteiger partial charge is 0.352 e. The summed E-state index contributed by atoms with van der Waals surface area (Å²) in [7, 11) is 1.50. The molecule has 0 saturated carbocycles. The van der Waals surface area contributed by atoms with Crippen LogP contribution in [0.25, 0.3) is 6.08 Å². The van der Waals surface area contributed by atoms with Gasteiger partial charge in [-0.2, -0.15) is 5.10 Å². The lowest BCUT2D eigenvalue weighted by Crippen LogP contribution is -2.24. The number of carboxylic acids is 1. The number of hydrogen-bond donors (Lipinski definition) is 3. The van der Waals surface area contributed by atoms with Gasteiger partial charge in [0.1, 0.15) is 22.8 Å². The molecule has 0 radical (unpaired) electrons. The first-order valence-corrected chi connectivity index (χ1v) is 10.0. The van der Waals surface area contributed by atoms with Crippen molar-refractivity contribution >= 4 is 41.1 Å². The molecule has 1 atom stereocenters. The van der Waals surface area contributed by atoms with E-state index in [4.69, 9.17) is 16.3 Å². The number of hydrogen-bond acceptors (Lipinski definition) is 5. The minimum atomic E-state index is -1.14. The van der Waals surface area contributed by atoms with E-state index in [0.29, 0.717) is 16.5 Å². The Morgan fingerprint density at radius 3 is 2.72 bits per heavy atom. The molecule has 0 saturated heterocycles. The molecule has 32 heavy (non-hydrogen) atoms. The van der Waals surface area contributed by atoms with Crippen molar-refractivity contribution in [3.63, 3.8) is 0 Å². The predicted octanol–water partition coefficient (Wildman–Crippen LogP) is 4.45. The van der Waals surface area contributed by atoms with Crippen LogP contribution >= 0.6 is 11.6 Å². The van der Waals surface area contributed by atoms with Gasteiger partial charge < -0.3 is 20.5 Å². The van der Waals surface area contributed by atoms with Crippen molar-refractivity contribution in [1.82, 2.24) is 9.78 Å². The number of carboxylic acid groups (broad SMARTS) is 1. The summed E-state index contributed by atoms with van der Waals surface area (Å²) in [5.74, 6) is -0.829. The molecule has 0 fully saturated rings. The summed E-state index contributed by atoms with van der Waals surface area (Å²) in [6.07, 6.45) is 6.62. The summed E-state index contributed by atoms with van der Waals surface area (Å²) in [6, 6.07) is 14.0. The van der Waals surface area contributed by atoms with Gasteiger partial charge in [-0.25, -0.2) is 9.48 Å². The SMILES string of the molecule is COc1ccc(NC(=O)c2cnn3c2NC(C(=O)O)=CC3/C=C/c2ccccc2)cc1Cl. The van der Waals surface area contributed by atoms with Crippen LogP contribution in [0.2, 0.25) is 5.02 Å². The van der Waals surface area contributed by atoms with E-state index in [1.54, 1.807) is 22.9 Å². The molecule has 1 amide bonds. The highest BCUT2D eigenvalue weighted by atomic mass is 35.5. The number of ether oxygens (including phenoxy) is 1. The Labute approximate surface area is 188 Å². The quantitative estimate of drug-likeness (QED) is 0.512. The highest BCUT2D eigenvalue weighted by Gasteiger charge is 2.27. The van der Waals surface area contributed by atoms with E-state index in [1.807, 2.05) is 42.5 Å². The molecule has 0 bridgehead atoms. The Bertz CT molecular complexity index is 1230. The first-order valence-electron chi connectivity index (χ1n) is 9.64. The summed E-state index contributed by atoms with van der Waals surface area (Å²) >= 11 is 6.13. The predicted molar refractivity (Wildman–Crippen MR) is 122 cm³/mol. The molecule has 1 aliphatic heterocycles. The van der Waals surface area contributed by atoms with Gasteiger partial charge in [0.15, 0.2) is 0 Å². The van der Waals surface area contributed by atoms with Crippen LogP contribution < -0.4 is 15.4 Å². The number of halogens is 1. The van der Waals surface area contributed by atoms with Crippen molar-refractivity contribution in [2.24, 2.45) is 0 Å². The third-order valence-corrected chi connectivity index (χ3v) is 5.13. The second-order valence-electron chi connectivity index (χ2n) is 6.93. The van der Waals surface area contributed by atoms with Gasteiger partial charge in [0.25, 0.3) is 5.91 Å². The zero-order valence-electron chi connectivity index (χ0n) is 16.9. The lowest BCUT2D eigenvalue weighted by molar-refractivity contribution is -0.132. The van der Waals surface area contributed by atoms with Crippen LogP contribution in [0.3, 0.4) is 0 Å². The number of carbonyl (C=O) groups excluding carboxylic acids is 1. The zero-order valence-corrected chi connectivity index (χ0v) is 17.7. The van der Waals surface area contributed by atoms with Crippen LogP contribution in [-0.4, -0.2) is 33.9 Å². The number of allylic oxidation sites excluding steroid dienone is 2. The first kappa shape index (κ1) is 21.2. The largest absolute Gasteiger partial charge is 0.495 e. The molecule has 1 aliphatic rings. The molecule has 4 rings (SSSR count). The number of fused-ring (bicyclic) bond motifs is 1. The molecule has 162 valence electrons. The van der Waals surface area contributed by atoms with E-state index >= 15 is 0 Å². The van der Waals surface area contributed by atoms with Crippen molar-refractivity contribution in [1.29, 1.82) is 0 Å². The molecule has 3 aromatic rings. The van der Waals surface area contributed by atoms with Crippen LogP contribution in [-0.2, 0) is 4.79 Å². The number of anilines is 2. The highest BCUT2D eigenvalue weighted by molar-refractivity contribution is 6.32. The summed E-state index contributed by atoms with van der Waals surface area (Å²) in [5.41, 5.74) is 1.58. The minimum Gasteiger partial charge on any atom is -0.495 e. The molecule has 1 unspecified atom stereocenters. The molecule has 0 spiro atoms. The van der Waals surface area contributed by atoms with Crippen molar-refractivity contribution in [3.05, 3.63) is 88.7 Å². The molecule has 3 N–H and O–H groups in total. The molecular formula is C23H19ClN4O4. The molecule has 8 nitrogen and oxygen atoms in total. The maximum absolute atomic E-state index is 12.9.